The van der Waals surface area contributed by atoms with E-state index in [2.05, 4.69) is 59.5 Å². The van der Waals surface area contributed by atoms with Crippen LogP contribution in [0.1, 0.15) is 36.5 Å². The molecule has 0 N–H and O–H groups in total. The minimum atomic E-state index is -0.0239. The van der Waals surface area contributed by atoms with Crippen molar-refractivity contribution in [3.05, 3.63) is 71.3 Å². The highest BCUT2D eigenvalue weighted by Crippen LogP contribution is 2.39. The third-order valence-corrected chi connectivity index (χ3v) is 6.75. The molecular formula is C24H27NO2S. The van der Waals surface area contributed by atoms with E-state index in [0.29, 0.717) is 6.61 Å². The smallest absolute Gasteiger partial charge is 0.309 e. The molecule has 0 atom stereocenters. The van der Waals surface area contributed by atoms with Crippen molar-refractivity contribution in [2.45, 2.75) is 30.4 Å². The van der Waals surface area contributed by atoms with Gasteiger partial charge in [-0.25, -0.2) is 0 Å². The lowest BCUT2D eigenvalue weighted by Crippen LogP contribution is -2.37. The molecule has 1 fully saturated rings. The molecule has 0 amide bonds. The molecule has 2 heterocycles. The molecule has 0 unspecified atom stereocenters. The van der Waals surface area contributed by atoms with Crippen molar-refractivity contribution in [2.24, 2.45) is 5.92 Å². The van der Waals surface area contributed by atoms with Crippen LogP contribution in [0.15, 0.2) is 59.5 Å². The summed E-state index contributed by atoms with van der Waals surface area (Å²) in [5, 5.41) is 0. The fraction of sp³-hybridized carbons (Fsp3) is 0.375. The van der Waals surface area contributed by atoms with Gasteiger partial charge in [0.05, 0.1) is 12.5 Å². The maximum atomic E-state index is 12.0. The Morgan fingerprint density at radius 3 is 2.61 bits per heavy atom. The summed E-state index contributed by atoms with van der Waals surface area (Å²) in [7, 11) is 0. The molecule has 0 bridgehead atoms. The van der Waals surface area contributed by atoms with E-state index in [0.717, 1.165) is 38.2 Å². The van der Waals surface area contributed by atoms with Gasteiger partial charge < -0.3 is 4.74 Å². The molecule has 4 heteroatoms. The van der Waals surface area contributed by atoms with Crippen molar-refractivity contribution in [1.82, 2.24) is 4.90 Å². The van der Waals surface area contributed by atoms with E-state index < -0.39 is 0 Å². The fourth-order valence-corrected chi connectivity index (χ4v) is 5.15. The van der Waals surface area contributed by atoms with Crippen molar-refractivity contribution in [3.63, 3.8) is 0 Å². The first-order chi connectivity index (χ1) is 13.8. The number of carbonyl (C=O) groups is 1. The molecule has 0 saturated carbocycles. The third-order valence-electron chi connectivity index (χ3n) is 5.63. The Kier molecular flexibility index (Phi) is 6.18. The Morgan fingerprint density at radius 2 is 1.82 bits per heavy atom. The van der Waals surface area contributed by atoms with Crippen LogP contribution in [0, 0.1) is 5.92 Å². The number of carbonyl (C=O) groups excluding carboxylic acids is 1. The zero-order valence-electron chi connectivity index (χ0n) is 16.4. The van der Waals surface area contributed by atoms with Crippen LogP contribution < -0.4 is 0 Å². The summed E-state index contributed by atoms with van der Waals surface area (Å²) < 4.78 is 5.19. The number of nitrogens with zero attached hydrogens (tertiary/aromatic N) is 1. The Labute approximate surface area is 171 Å². The molecule has 2 aromatic carbocycles. The van der Waals surface area contributed by atoms with Crippen molar-refractivity contribution in [2.75, 3.05) is 26.2 Å². The van der Waals surface area contributed by atoms with E-state index in [1.54, 1.807) is 0 Å². The predicted octanol–water partition coefficient (Wildman–Crippen LogP) is 5.00. The van der Waals surface area contributed by atoms with Crippen molar-refractivity contribution < 1.29 is 9.53 Å². The number of thioether (sulfide) groups is 1. The maximum absolute atomic E-state index is 12.0. The quantitative estimate of drug-likeness (QED) is 0.684. The van der Waals surface area contributed by atoms with E-state index in [1.165, 1.54) is 27.2 Å². The molecule has 2 aromatic rings. The van der Waals surface area contributed by atoms with Crippen LogP contribution in [0.5, 0.6) is 0 Å². The molecule has 4 rings (SSSR count). The van der Waals surface area contributed by atoms with E-state index in [4.69, 9.17) is 4.74 Å². The molecule has 0 radical (unpaired) electrons. The van der Waals surface area contributed by atoms with Gasteiger partial charge in [-0.05, 0) is 61.2 Å². The normalized spacial score (nSPS) is 19.0. The van der Waals surface area contributed by atoms with Crippen molar-refractivity contribution in [1.29, 1.82) is 0 Å². The summed E-state index contributed by atoms with van der Waals surface area (Å²) in [4.78, 5) is 15.8. The number of esters is 1. The number of fused-ring (bicyclic) bond motifs is 2. The zero-order valence-corrected chi connectivity index (χ0v) is 17.2. The van der Waals surface area contributed by atoms with Crippen LogP contribution >= 0.6 is 11.8 Å². The molecule has 146 valence electrons. The van der Waals surface area contributed by atoms with Gasteiger partial charge in [0.25, 0.3) is 0 Å². The summed E-state index contributed by atoms with van der Waals surface area (Å²) in [5.74, 6) is 1.05. The number of rotatable bonds is 4. The second kappa shape index (κ2) is 8.97. The van der Waals surface area contributed by atoms with Crippen LogP contribution in [-0.2, 0) is 15.3 Å². The van der Waals surface area contributed by atoms with Gasteiger partial charge in [-0.3, -0.25) is 9.69 Å². The van der Waals surface area contributed by atoms with Gasteiger partial charge >= 0.3 is 5.97 Å². The lowest BCUT2D eigenvalue weighted by Gasteiger charge is -2.30. The lowest BCUT2D eigenvalue weighted by molar-refractivity contribution is -0.149. The fourth-order valence-electron chi connectivity index (χ4n) is 4.08. The minimum absolute atomic E-state index is 0.0239. The lowest BCUT2D eigenvalue weighted by atomic mass is 9.93. The van der Waals surface area contributed by atoms with E-state index >= 15 is 0 Å². The van der Waals surface area contributed by atoms with E-state index in [9.17, 15) is 4.79 Å². The number of hydrogen-bond donors (Lipinski definition) is 0. The van der Waals surface area contributed by atoms with Crippen molar-refractivity contribution in [3.8, 4) is 0 Å². The highest BCUT2D eigenvalue weighted by Gasteiger charge is 2.26. The second-order valence-electron chi connectivity index (χ2n) is 7.39. The zero-order chi connectivity index (χ0) is 19.3. The molecule has 0 spiro atoms. The predicted molar refractivity (Wildman–Crippen MR) is 115 cm³/mol. The summed E-state index contributed by atoms with van der Waals surface area (Å²) in [6, 6.07) is 17.5. The minimum Gasteiger partial charge on any atom is -0.466 e. The average Bonchev–Trinajstić information content (AvgIpc) is 2.90. The summed E-state index contributed by atoms with van der Waals surface area (Å²) in [6.45, 7) is 5.16. The Morgan fingerprint density at radius 1 is 1.11 bits per heavy atom. The van der Waals surface area contributed by atoms with Crippen molar-refractivity contribution >= 4 is 23.3 Å². The Bertz CT molecular complexity index is 819. The monoisotopic (exact) mass is 393 g/mol. The Hall–Kier alpha value is -2.04. The largest absolute Gasteiger partial charge is 0.466 e. The van der Waals surface area contributed by atoms with Crippen LogP contribution in [0.4, 0.5) is 0 Å². The number of ether oxygens (including phenoxy) is 1. The molecule has 3 nitrogen and oxygen atoms in total. The highest BCUT2D eigenvalue weighted by atomic mass is 32.2. The third kappa shape index (κ3) is 4.18. The van der Waals surface area contributed by atoms with Gasteiger partial charge in [-0.2, -0.15) is 0 Å². The topological polar surface area (TPSA) is 29.5 Å². The number of likely N-dealkylation sites (tertiary alicyclic amines) is 1. The number of piperidine rings is 1. The van der Waals surface area contributed by atoms with Gasteiger partial charge in [-0.15, -0.1) is 11.8 Å². The maximum Gasteiger partial charge on any atom is 0.309 e. The summed E-state index contributed by atoms with van der Waals surface area (Å²) in [5.41, 5.74) is 5.42. The highest BCUT2D eigenvalue weighted by molar-refractivity contribution is 7.98. The SMILES string of the molecule is CCOC(=O)C1CCN(CC=C2c3ccccc3CSc3ccccc32)CC1. The van der Waals surface area contributed by atoms with E-state index in [-0.39, 0.29) is 11.9 Å². The molecule has 0 aliphatic carbocycles. The van der Waals surface area contributed by atoms with Gasteiger partial charge in [0.15, 0.2) is 0 Å². The summed E-state index contributed by atoms with van der Waals surface area (Å²) in [6.07, 6.45) is 4.17. The van der Waals surface area contributed by atoms with E-state index in [1.807, 2.05) is 18.7 Å². The average molecular weight is 394 g/mol. The molecule has 1 saturated heterocycles. The molecule has 28 heavy (non-hydrogen) atoms. The summed E-state index contributed by atoms with van der Waals surface area (Å²) >= 11 is 1.92. The number of benzene rings is 2. The van der Waals surface area contributed by atoms with Crippen LogP contribution in [-0.4, -0.2) is 37.1 Å². The van der Waals surface area contributed by atoms with Gasteiger partial charge in [0, 0.05) is 17.2 Å². The standard InChI is InChI=1S/C24H27NO2S/c1-2-27-24(26)18-11-14-25(15-12-18)16-13-21-20-8-4-3-7-19(20)17-28-23-10-6-5-9-22(21)23/h3-10,13,18H,2,11-12,14-17H2,1H3. The van der Waals surface area contributed by atoms with Gasteiger partial charge in [0.1, 0.15) is 0 Å². The first kappa shape index (κ1) is 19.3. The Balaban J connectivity index is 1.53. The van der Waals surface area contributed by atoms with Crippen LogP contribution in [0.25, 0.3) is 5.57 Å². The van der Waals surface area contributed by atoms with Gasteiger partial charge in [0.2, 0.25) is 0 Å². The van der Waals surface area contributed by atoms with Crippen LogP contribution in [0.2, 0.25) is 0 Å². The molecular weight excluding hydrogens is 366 g/mol. The number of hydrogen-bond acceptors (Lipinski definition) is 4. The molecule has 0 aromatic heterocycles. The first-order valence-corrected chi connectivity index (χ1v) is 11.1. The first-order valence-electron chi connectivity index (χ1n) is 10.2. The van der Waals surface area contributed by atoms with Crippen LogP contribution in [0.3, 0.4) is 0 Å². The molecule has 2 aliphatic rings. The van der Waals surface area contributed by atoms with Gasteiger partial charge in [-0.1, -0.05) is 48.5 Å². The second-order valence-corrected chi connectivity index (χ2v) is 8.40. The molecule has 2 aliphatic heterocycles.